The summed E-state index contributed by atoms with van der Waals surface area (Å²) in [7, 11) is 0. The van der Waals surface area contributed by atoms with Gasteiger partial charge < -0.3 is 20.7 Å². The maximum atomic E-state index is 13.1. The van der Waals surface area contributed by atoms with Crippen molar-refractivity contribution in [1.82, 2.24) is 9.55 Å². The lowest BCUT2D eigenvalue weighted by Gasteiger charge is -2.24. The Labute approximate surface area is 191 Å². The third kappa shape index (κ3) is 5.63. The highest BCUT2D eigenvalue weighted by Gasteiger charge is 2.24. The highest BCUT2D eigenvalue weighted by atomic mass is 16.5. The van der Waals surface area contributed by atoms with Crippen molar-refractivity contribution in [3.05, 3.63) is 44.6 Å². The molecule has 0 radical (unpaired) electrons. The van der Waals surface area contributed by atoms with Crippen LogP contribution in [-0.4, -0.2) is 34.5 Å². The number of aryl methyl sites for hydroxylation is 1. The lowest BCUT2D eigenvalue weighted by molar-refractivity contribution is -0.120. The van der Waals surface area contributed by atoms with Gasteiger partial charge in [-0.2, -0.15) is 0 Å². The van der Waals surface area contributed by atoms with Gasteiger partial charge in [-0.3, -0.25) is 23.9 Å². The van der Waals surface area contributed by atoms with E-state index in [1.807, 2.05) is 13.8 Å². The number of carbonyl (C=O) groups is 2. The quantitative estimate of drug-likeness (QED) is 0.499. The fraction of sp³-hybridized carbons (Fsp3) is 0.478. The number of unbranched alkanes of at least 4 members (excludes halogenated alkanes) is 2. The van der Waals surface area contributed by atoms with Crippen LogP contribution in [0.2, 0.25) is 0 Å². The van der Waals surface area contributed by atoms with Crippen LogP contribution in [0.3, 0.4) is 0 Å². The van der Waals surface area contributed by atoms with Gasteiger partial charge in [-0.25, -0.2) is 4.79 Å². The second-order valence-corrected chi connectivity index (χ2v) is 8.05. The maximum Gasteiger partial charge on any atom is 0.330 e. The highest BCUT2D eigenvalue weighted by Crippen LogP contribution is 2.27. The van der Waals surface area contributed by atoms with Crippen LogP contribution in [0.5, 0.6) is 5.75 Å². The molecule has 0 saturated carbocycles. The van der Waals surface area contributed by atoms with Gasteiger partial charge in [-0.1, -0.05) is 26.7 Å². The predicted octanol–water partition coefficient (Wildman–Crippen LogP) is 2.02. The molecule has 1 aromatic carbocycles. The fourth-order valence-corrected chi connectivity index (χ4v) is 3.73. The molecular formula is C23H31N5O5. The number of ether oxygens (including phenoxy) is 1. The van der Waals surface area contributed by atoms with Gasteiger partial charge in [0.2, 0.25) is 5.91 Å². The molecule has 0 bridgehead atoms. The number of hydrogen-bond donors (Lipinski definition) is 3. The highest BCUT2D eigenvalue weighted by molar-refractivity contribution is 5.96. The van der Waals surface area contributed by atoms with Gasteiger partial charge in [0.1, 0.15) is 11.6 Å². The van der Waals surface area contributed by atoms with E-state index in [1.54, 1.807) is 18.2 Å². The molecule has 1 aliphatic heterocycles. The molecule has 33 heavy (non-hydrogen) atoms. The Bertz CT molecular complexity index is 1140. The molecule has 0 spiro atoms. The summed E-state index contributed by atoms with van der Waals surface area (Å²) in [5.41, 5.74) is 6.57. The number of anilines is 3. The Balaban J connectivity index is 1.83. The number of nitrogens with one attached hydrogen (secondary N) is 2. The molecule has 178 valence electrons. The molecule has 2 aromatic rings. The summed E-state index contributed by atoms with van der Waals surface area (Å²) in [6, 6.07) is 5.22. The van der Waals surface area contributed by atoms with E-state index in [2.05, 4.69) is 10.3 Å². The monoisotopic (exact) mass is 457 g/mol. The summed E-state index contributed by atoms with van der Waals surface area (Å²) in [5.74, 6) is 0.00280. The van der Waals surface area contributed by atoms with Crippen molar-refractivity contribution in [1.29, 1.82) is 0 Å². The summed E-state index contributed by atoms with van der Waals surface area (Å²) >= 11 is 0. The van der Waals surface area contributed by atoms with Crippen molar-refractivity contribution in [2.45, 2.75) is 58.9 Å². The summed E-state index contributed by atoms with van der Waals surface area (Å²) in [6.07, 6.45) is 4.00. The first-order valence-corrected chi connectivity index (χ1v) is 11.3. The second-order valence-electron chi connectivity index (χ2n) is 8.05. The second kappa shape index (κ2) is 10.8. The molecule has 4 N–H and O–H groups in total. The fourth-order valence-electron chi connectivity index (χ4n) is 3.73. The summed E-state index contributed by atoms with van der Waals surface area (Å²) in [5, 5.41) is 2.80. The normalized spacial score (nSPS) is 12.7. The number of nitrogen functional groups attached to an aromatic ring is 1. The van der Waals surface area contributed by atoms with Crippen molar-refractivity contribution < 1.29 is 14.3 Å². The van der Waals surface area contributed by atoms with Gasteiger partial charge in [0, 0.05) is 25.2 Å². The third-order valence-corrected chi connectivity index (χ3v) is 5.59. The first-order valence-electron chi connectivity index (χ1n) is 11.3. The van der Waals surface area contributed by atoms with Gasteiger partial charge in [-0.15, -0.1) is 0 Å². The number of amides is 2. The Hall–Kier alpha value is -3.56. The number of fused-ring (bicyclic) bond motifs is 1. The molecule has 2 amide bonds. The van der Waals surface area contributed by atoms with Crippen molar-refractivity contribution in [3.63, 3.8) is 0 Å². The van der Waals surface area contributed by atoms with Crippen LogP contribution in [0.4, 0.5) is 17.2 Å². The van der Waals surface area contributed by atoms with Crippen LogP contribution >= 0.6 is 0 Å². The van der Waals surface area contributed by atoms with Crippen LogP contribution in [-0.2, 0) is 22.6 Å². The number of nitrogens with two attached hydrogens (primary N) is 1. The van der Waals surface area contributed by atoms with E-state index in [9.17, 15) is 19.2 Å². The SMILES string of the molecule is CCCCN(C(=O)COc1ccc2c(c1)CCC(=O)N2)c1c(N)n(CCCC)c(=O)[nH]c1=O. The predicted molar refractivity (Wildman–Crippen MR) is 127 cm³/mol. The average molecular weight is 458 g/mol. The van der Waals surface area contributed by atoms with E-state index < -0.39 is 17.2 Å². The van der Waals surface area contributed by atoms with Crippen molar-refractivity contribution in [2.24, 2.45) is 0 Å². The molecule has 0 saturated heterocycles. The van der Waals surface area contributed by atoms with Crippen molar-refractivity contribution in [3.8, 4) is 5.75 Å². The number of aromatic amines is 1. The Morgan fingerprint density at radius 3 is 2.64 bits per heavy atom. The van der Waals surface area contributed by atoms with Crippen molar-refractivity contribution in [2.75, 3.05) is 29.1 Å². The molecule has 2 heterocycles. The zero-order chi connectivity index (χ0) is 24.0. The number of aromatic nitrogens is 2. The Morgan fingerprint density at radius 2 is 1.91 bits per heavy atom. The van der Waals surface area contributed by atoms with E-state index >= 15 is 0 Å². The molecule has 0 fully saturated rings. The van der Waals surface area contributed by atoms with Crippen molar-refractivity contribution >= 4 is 29.0 Å². The number of benzene rings is 1. The zero-order valence-electron chi connectivity index (χ0n) is 19.1. The molecular weight excluding hydrogens is 426 g/mol. The number of rotatable bonds is 10. The minimum absolute atomic E-state index is 0.0221. The molecule has 1 aliphatic rings. The van der Waals surface area contributed by atoms with Crippen LogP contribution in [0.25, 0.3) is 0 Å². The topological polar surface area (TPSA) is 140 Å². The molecule has 0 atom stereocenters. The third-order valence-electron chi connectivity index (χ3n) is 5.59. The Morgan fingerprint density at radius 1 is 1.15 bits per heavy atom. The summed E-state index contributed by atoms with van der Waals surface area (Å²) in [4.78, 5) is 53.1. The molecule has 10 heteroatoms. The minimum atomic E-state index is -0.695. The van der Waals surface area contributed by atoms with Crippen LogP contribution in [0, 0.1) is 0 Å². The van der Waals surface area contributed by atoms with E-state index in [-0.39, 0.29) is 30.6 Å². The van der Waals surface area contributed by atoms with Gasteiger partial charge in [0.15, 0.2) is 12.3 Å². The first kappa shape index (κ1) is 24.1. The molecule has 10 nitrogen and oxygen atoms in total. The van der Waals surface area contributed by atoms with Crippen LogP contribution < -0.4 is 31.9 Å². The maximum absolute atomic E-state index is 13.1. The van der Waals surface area contributed by atoms with Crippen LogP contribution in [0.15, 0.2) is 27.8 Å². The number of H-pyrrole nitrogens is 1. The number of nitrogens with zero attached hydrogens (tertiary/aromatic N) is 2. The number of carbonyl (C=O) groups excluding carboxylic acids is 2. The van der Waals surface area contributed by atoms with Gasteiger partial charge in [-0.05, 0) is 43.0 Å². The lowest BCUT2D eigenvalue weighted by Crippen LogP contribution is -2.43. The van der Waals surface area contributed by atoms with Gasteiger partial charge in [0.25, 0.3) is 11.5 Å². The van der Waals surface area contributed by atoms with Gasteiger partial charge >= 0.3 is 5.69 Å². The average Bonchev–Trinajstić information content (AvgIpc) is 2.79. The van der Waals surface area contributed by atoms with E-state index in [1.165, 1.54) is 9.47 Å². The van der Waals surface area contributed by atoms with E-state index in [0.717, 1.165) is 24.1 Å². The molecule has 3 rings (SSSR count). The van der Waals surface area contributed by atoms with Crippen LogP contribution in [0.1, 0.15) is 51.5 Å². The molecule has 0 unspecified atom stereocenters. The number of hydrogen-bond acceptors (Lipinski definition) is 6. The Kier molecular flexibility index (Phi) is 7.92. The summed E-state index contributed by atoms with van der Waals surface area (Å²) < 4.78 is 7.01. The van der Waals surface area contributed by atoms with E-state index in [0.29, 0.717) is 38.0 Å². The minimum Gasteiger partial charge on any atom is -0.484 e. The molecule has 1 aromatic heterocycles. The summed E-state index contributed by atoms with van der Waals surface area (Å²) in [6.45, 7) is 4.27. The largest absolute Gasteiger partial charge is 0.484 e. The smallest absolute Gasteiger partial charge is 0.330 e. The molecule has 0 aliphatic carbocycles. The lowest BCUT2D eigenvalue weighted by atomic mass is 10.0. The van der Waals surface area contributed by atoms with E-state index in [4.69, 9.17) is 10.5 Å². The standard InChI is InChI=1S/C23H31N5O5/c1-3-5-11-27(20-21(24)28(12-6-4-2)23(32)26-22(20)31)19(30)14-33-16-8-9-17-15(13-16)7-10-18(29)25-17/h8-9,13H,3-7,10-12,14,24H2,1-2H3,(H,25,29)(H,26,31,32). The first-order chi connectivity index (χ1) is 15.8. The van der Waals surface area contributed by atoms with Gasteiger partial charge in [0.05, 0.1) is 0 Å². The zero-order valence-corrected chi connectivity index (χ0v) is 19.1.